The van der Waals surface area contributed by atoms with E-state index >= 15 is 0 Å². The minimum absolute atomic E-state index is 0.286. The molecule has 0 aliphatic carbocycles. The van der Waals surface area contributed by atoms with Crippen LogP contribution in [0.25, 0.3) is 0 Å². The smallest absolute Gasteiger partial charge is 0.0701 e. The predicted octanol–water partition coefficient (Wildman–Crippen LogP) is 2.31. The molecule has 16 heavy (non-hydrogen) atoms. The van der Waals surface area contributed by atoms with Crippen LogP contribution in [0, 0.1) is 0 Å². The summed E-state index contributed by atoms with van der Waals surface area (Å²) in [5.41, 5.74) is 1.20. The highest BCUT2D eigenvalue weighted by molar-refractivity contribution is 5.32. The van der Waals surface area contributed by atoms with E-state index in [0.29, 0.717) is 0 Å². The minimum Gasteiger partial charge on any atom is -0.370 e. The molecule has 2 rings (SSSR count). The van der Waals surface area contributed by atoms with Crippen molar-refractivity contribution in [2.24, 2.45) is 0 Å². The molecule has 2 heterocycles. The summed E-state index contributed by atoms with van der Waals surface area (Å²) in [4.78, 5) is 4.37. The summed E-state index contributed by atoms with van der Waals surface area (Å²) in [7, 11) is 4.16. The normalized spacial score (nSPS) is 27.6. The van der Waals surface area contributed by atoms with Crippen LogP contribution < -0.4 is 0 Å². The maximum Gasteiger partial charge on any atom is 0.0701 e. The second-order valence-electron chi connectivity index (χ2n) is 4.25. The second-order valence-corrected chi connectivity index (χ2v) is 4.25. The number of hydrogen-bond donors (Lipinski definition) is 0. The van der Waals surface area contributed by atoms with Crippen molar-refractivity contribution < 1.29 is 0 Å². The lowest BCUT2D eigenvalue weighted by atomic mass is 9.96. The van der Waals surface area contributed by atoms with Crippen LogP contribution in [0.5, 0.6) is 0 Å². The van der Waals surface area contributed by atoms with Crippen LogP contribution >= 0.6 is 0 Å². The monoisotopic (exact) mass is 214 g/mol. The summed E-state index contributed by atoms with van der Waals surface area (Å²) in [6.07, 6.45) is 16.8. The molecular weight excluding hydrogens is 196 g/mol. The Balaban J connectivity index is 2.13. The number of nitrogens with zero attached hydrogens (tertiary/aromatic N) is 2. The Bertz CT molecular complexity index is 352. The zero-order chi connectivity index (χ0) is 11.5. The first-order valence-electron chi connectivity index (χ1n) is 5.52. The highest BCUT2D eigenvalue weighted by atomic mass is 15.1. The summed E-state index contributed by atoms with van der Waals surface area (Å²) in [6, 6.07) is 0.571. The van der Waals surface area contributed by atoms with Gasteiger partial charge < -0.3 is 9.80 Å². The van der Waals surface area contributed by atoms with Gasteiger partial charge in [-0.1, -0.05) is 30.9 Å². The standard InChI is InChI=1S/C14H18N2/c1-12(13-8-4-6-10-15(13)2)14-9-5-7-11-16(14)3/h4-11,13-14H,1H2,2-3H3. The summed E-state index contributed by atoms with van der Waals surface area (Å²) in [5.74, 6) is 0. The van der Waals surface area contributed by atoms with Crippen molar-refractivity contribution >= 4 is 0 Å². The second kappa shape index (κ2) is 4.44. The van der Waals surface area contributed by atoms with Crippen molar-refractivity contribution in [1.29, 1.82) is 0 Å². The zero-order valence-electron chi connectivity index (χ0n) is 9.88. The van der Waals surface area contributed by atoms with Crippen molar-refractivity contribution in [1.82, 2.24) is 9.80 Å². The maximum atomic E-state index is 4.25. The molecule has 0 fully saturated rings. The molecule has 0 amide bonds. The highest BCUT2D eigenvalue weighted by Gasteiger charge is 2.23. The first kappa shape index (κ1) is 10.8. The van der Waals surface area contributed by atoms with Crippen molar-refractivity contribution in [3.8, 4) is 0 Å². The van der Waals surface area contributed by atoms with E-state index in [1.54, 1.807) is 0 Å². The minimum atomic E-state index is 0.286. The van der Waals surface area contributed by atoms with E-state index in [-0.39, 0.29) is 12.1 Å². The van der Waals surface area contributed by atoms with Crippen molar-refractivity contribution in [2.45, 2.75) is 12.1 Å². The number of likely N-dealkylation sites (N-methyl/N-ethyl adjacent to an activating group) is 2. The van der Waals surface area contributed by atoms with Crippen LogP contribution in [0.15, 0.2) is 61.0 Å². The lowest BCUT2D eigenvalue weighted by molar-refractivity contribution is 0.353. The SMILES string of the molecule is C=C(C1C=CC=CN1C)C1C=CC=CN1C. The first-order chi connectivity index (χ1) is 7.70. The van der Waals surface area contributed by atoms with Gasteiger partial charge in [-0.15, -0.1) is 0 Å². The Hall–Kier alpha value is -1.70. The number of hydrogen-bond acceptors (Lipinski definition) is 2. The quantitative estimate of drug-likeness (QED) is 0.651. The van der Waals surface area contributed by atoms with Crippen LogP contribution in [0.4, 0.5) is 0 Å². The third kappa shape index (κ3) is 1.96. The highest BCUT2D eigenvalue weighted by Crippen LogP contribution is 2.22. The van der Waals surface area contributed by atoms with E-state index in [1.807, 2.05) is 12.2 Å². The molecule has 2 nitrogen and oxygen atoms in total. The van der Waals surface area contributed by atoms with Gasteiger partial charge >= 0.3 is 0 Å². The third-order valence-corrected chi connectivity index (χ3v) is 3.09. The fourth-order valence-electron chi connectivity index (χ4n) is 2.11. The van der Waals surface area contributed by atoms with Crippen molar-refractivity contribution in [3.63, 3.8) is 0 Å². The predicted molar refractivity (Wildman–Crippen MR) is 68.8 cm³/mol. The summed E-state index contributed by atoms with van der Waals surface area (Å²) < 4.78 is 0. The molecule has 2 atom stereocenters. The topological polar surface area (TPSA) is 6.48 Å². The first-order valence-corrected chi connectivity index (χ1v) is 5.52. The van der Waals surface area contributed by atoms with Gasteiger partial charge in [-0.3, -0.25) is 0 Å². The van der Waals surface area contributed by atoms with Gasteiger partial charge in [-0.25, -0.2) is 0 Å². The number of allylic oxidation sites excluding steroid dienone is 4. The van der Waals surface area contributed by atoms with E-state index < -0.39 is 0 Å². The fourth-order valence-corrected chi connectivity index (χ4v) is 2.11. The molecule has 2 aliphatic rings. The maximum absolute atomic E-state index is 4.25. The van der Waals surface area contributed by atoms with Crippen LogP contribution in [0.2, 0.25) is 0 Å². The summed E-state index contributed by atoms with van der Waals surface area (Å²) in [5, 5.41) is 0. The largest absolute Gasteiger partial charge is 0.370 e. The molecule has 2 unspecified atom stereocenters. The Morgan fingerprint density at radius 3 is 1.69 bits per heavy atom. The van der Waals surface area contributed by atoms with Crippen LogP contribution in [0.3, 0.4) is 0 Å². The van der Waals surface area contributed by atoms with Crippen LogP contribution in [0.1, 0.15) is 0 Å². The Morgan fingerprint density at radius 2 is 1.31 bits per heavy atom. The van der Waals surface area contributed by atoms with Gasteiger partial charge in [-0.05, 0) is 30.1 Å². The average molecular weight is 214 g/mol. The van der Waals surface area contributed by atoms with Crippen LogP contribution in [-0.4, -0.2) is 36.0 Å². The Kier molecular flexibility index (Phi) is 3.00. The molecule has 0 saturated heterocycles. The fraction of sp³-hybridized carbons (Fsp3) is 0.286. The molecule has 0 spiro atoms. The lowest BCUT2D eigenvalue weighted by Crippen LogP contribution is -2.38. The molecule has 2 heteroatoms. The van der Waals surface area contributed by atoms with Crippen molar-refractivity contribution in [3.05, 3.63) is 61.0 Å². The number of rotatable bonds is 2. The molecule has 0 radical (unpaired) electrons. The van der Waals surface area contributed by atoms with E-state index in [1.165, 1.54) is 5.57 Å². The molecule has 0 saturated carbocycles. The van der Waals surface area contributed by atoms with Gasteiger partial charge in [0.15, 0.2) is 0 Å². The van der Waals surface area contributed by atoms with Gasteiger partial charge in [0.2, 0.25) is 0 Å². The Labute approximate surface area is 97.5 Å². The van der Waals surface area contributed by atoms with Crippen molar-refractivity contribution in [2.75, 3.05) is 14.1 Å². The zero-order valence-corrected chi connectivity index (χ0v) is 9.88. The molecule has 0 aromatic heterocycles. The lowest BCUT2D eigenvalue weighted by Gasteiger charge is -2.35. The molecule has 0 bridgehead atoms. The van der Waals surface area contributed by atoms with Crippen LogP contribution in [-0.2, 0) is 0 Å². The molecule has 84 valence electrons. The van der Waals surface area contributed by atoms with E-state index in [9.17, 15) is 0 Å². The van der Waals surface area contributed by atoms with Gasteiger partial charge in [0.1, 0.15) is 0 Å². The van der Waals surface area contributed by atoms with Gasteiger partial charge in [0, 0.05) is 14.1 Å². The van der Waals surface area contributed by atoms with Gasteiger partial charge in [0.25, 0.3) is 0 Å². The Morgan fingerprint density at radius 1 is 0.875 bits per heavy atom. The van der Waals surface area contributed by atoms with E-state index in [0.717, 1.165) is 0 Å². The molecular formula is C14H18N2. The third-order valence-electron chi connectivity index (χ3n) is 3.09. The van der Waals surface area contributed by atoms with Gasteiger partial charge in [-0.2, -0.15) is 0 Å². The molecule has 0 aromatic rings. The molecule has 2 aliphatic heterocycles. The molecule has 0 N–H and O–H groups in total. The van der Waals surface area contributed by atoms with Gasteiger partial charge in [0.05, 0.1) is 12.1 Å². The van der Waals surface area contributed by atoms with E-state index in [2.05, 4.69) is 67.2 Å². The summed E-state index contributed by atoms with van der Waals surface area (Å²) >= 11 is 0. The average Bonchev–Trinajstić information content (AvgIpc) is 2.29. The summed E-state index contributed by atoms with van der Waals surface area (Å²) in [6.45, 7) is 4.25. The molecule has 0 aromatic carbocycles. The van der Waals surface area contributed by atoms with E-state index in [4.69, 9.17) is 0 Å².